The molecular formula is C20H23FN2O2. The zero-order valence-electron chi connectivity index (χ0n) is 14.1. The second-order valence-corrected chi connectivity index (χ2v) is 6.46. The molecule has 2 unspecified atom stereocenters. The van der Waals surface area contributed by atoms with Gasteiger partial charge in [0, 0.05) is 24.8 Å². The summed E-state index contributed by atoms with van der Waals surface area (Å²) in [5, 5.41) is 13.1. The quantitative estimate of drug-likeness (QED) is 0.878. The summed E-state index contributed by atoms with van der Waals surface area (Å²) in [6.07, 6.45) is 0.868. The Morgan fingerprint density at radius 3 is 2.80 bits per heavy atom. The van der Waals surface area contributed by atoms with Crippen molar-refractivity contribution in [2.75, 3.05) is 18.0 Å². The van der Waals surface area contributed by atoms with E-state index >= 15 is 0 Å². The molecule has 25 heavy (non-hydrogen) atoms. The van der Waals surface area contributed by atoms with E-state index in [2.05, 4.69) is 22.3 Å². The molecule has 2 atom stereocenters. The largest absolute Gasteiger partial charge is 0.388 e. The molecule has 1 heterocycles. The molecule has 0 spiro atoms. The summed E-state index contributed by atoms with van der Waals surface area (Å²) in [6, 6.07) is 15.9. The van der Waals surface area contributed by atoms with Gasteiger partial charge < -0.3 is 15.3 Å². The highest BCUT2D eigenvalue weighted by molar-refractivity contribution is 5.77. The highest BCUT2D eigenvalue weighted by atomic mass is 19.1. The van der Waals surface area contributed by atoms with Crippen LogP contribution < -0.4 is 10.2 Å². The van der Waals surface area contributed by atoms with Gasteiger partial charge in [-0.1, -0.05) is 30.3 Å². The number of anilines is 1. The standard InChI is InChI=1S/C20H23FN2O2/c21-16-7-4-6-15(12-16)19(24)13-20(25)22-17-8-5-11-23(14-17)18-9-2-1-3-10-18/h1-4,6-7,9-10,12,17,19,24H,5,8,11,13-14H2,(H,22,25). The average molecular weight is 342 g/mol. The Morgan fingerprint density at radius 2 is 2.04 bits per heavy atom. The number of rotatable bonds is 5. The van der Waals surface area contributed by atoms with Crippen LogP contribution in [0.2, 0.25) is 0 Å². The highest BCUT2D eigenvalue weighted by Gasteiger charge is 2.23. The maximum atomic E-state index is 13.2. The van der Waals surface area contributed by atoms with E-state index in [9.17, 15) is 14.3 Å². The maximum absolute atomic E-state index is 13.2. The maximum Gasteiger partial charge on any atom is 0.223 e. The van der Waals surface area contributed by atoms with Gasteiger partial charge in [0.05, 0.1) is 12.5 Å². The van der Waals surface area contributed by atoms with Gasteiger partial charge in [-0.2, -0.15) is 0 Å². The van der Waals surface area contributed by atoms with E-state index in [1.165, 1.54) is 18.2 Å². The van der Waals surface area contributed by atoms with Gasteiger partial charge in [-0.3, -0.25) is 4.79 Å². The van der Waals surface area contributed by atoms with Gasteiger partial charge >= 0.3 is 0 Å². The first-order chi connectivity index (χ1) is 12.1. The van der Waals surface area contributed by atoms with Crippen LogP contribution in [0.1, 0.15) is 30.9 Å². The molecule has 1 amide bonds. The van der Waals surface area contributed by atoms with Crippen LogP contribution in [0.4, 0.5) is 10.1 Å². The summed E-state index contributed by atoms with van der Waals surface area (Å²) in [6.45, 7) is 1.73. The molecule has 2 aromatic carbocycles. The third-order valence-corrected chi connectivity index (χ3v) is 4.52. The van der Waals surface area contributed by atoms with E-state index in [1.807, 2.05) is 18.2 Å². The fourth-order valence-electron chi connectivity index (χ4n) is 3.26. The Bertz CT molecular complexity index is 708. The molecule has 5 heteroatoms. The van der Waals surface area contributed by atoms with Crippen molar-refractivity contribution in [3.63, 3.8) is 0 Å². The Morgan fingerprint density at radius 1 is 1.24 bits per heavy atom. The minimum atomic E-state index is -0.996. The van der Waals surface area contributed by atoms with Gasteiger partial charge in [0.15, 0.2) is 0 Å². The first kappa shape index (κ1) is 17.4. The van der Waals surface area contributed by atoms with Crippen LogP contribution in [0.3, 0.4) is 0 Å². The van der Waals surface area contributed by atoms with Crippen LogP contribution in [-0.2, 0) is 4.79 Å². The van der Waals surface area contributed by atoms with Gasteiger partial charge in [-0.05, 0) is 42.7 Å². The summed E-state index contributed by atoms with van der Waals surface area (Å²) >= 11 is 0. The summed E-state index contributed by atoms with van der Waals surface area (Å²) in [7, 11) is 0. The monoisotopic (exact) mass is 342 g/mol. The summed E-state index contributed by atoms with van der Waals surface area (Å²) in [4.78, 5) is 14.5. The Balaban J connectivity index is 1.54. The summed E-state index contributed by atoms with van der Waals surface area (Å²) < 4.78 is 13.2. The number of aliphatic hydroxyl groups excluding tert-OH is 1. The fraction of sp³-hybridized carbons (Fsp3) is 0.350. The molecular weight excluding hydrogens is 319 g/mol. The van der Waals surface area contributed by atoms with Gasteiger partial charge in [0.25, 0.3) is 0 Å². The molecule has 1 aliphatic heterocycles. The van der Waals surface area contributed by atoms with Crippen molar-refractivity contribution < 1.29 is 14.3 Å². The molecule has 0 radical (unpaired) electrons. The zero-order chi connectivity index (χ0) is 17.6. The Labute approximate surface area is 147 Å². The lowest BCUT2D eigenvalue weighted by atomic mass is 10.0. The molecule has 0 aromatic heterocycles. The minimum Gasteiger partial charge on any atom is -0.388 e. The van der Waals surface area contributed by atoms with Crippen molar-refractivity contribution in [1.82, 2.24) is 5.32 Å². The molecule has 2 aromatic rings. The fourth-order valence-corrected chi connectivity index (χ4v) is 3.26. The van der Waals surface area contributed by atoms with Crippen LogP contribution in [-0.4, -0.2) is 30.1 Å². The molecule has 1 fully saturated rings. The topological polar surface area (TPSA) is 52.6 Å². The van der Waals surface area contributed by atoms with E-state index in [0.717, 1.165) is 31.6 Å². The number of hydrogen-bond donors (Lipinski definition) is 2. The number of carbonyl (C=O) groups excluding carboxylic acids is 1. The average Bonchev–Trinajstić information content (AvgIpc) is 2.62. The van der Waals surface area contributed by atoms with Crippen LogP contribution in [0.5, 0.6) is 0 Å². The lowest BCUT2D eigenvalue weighted by Gasteiger charge is -2.35. The number of aliphatic hydroxyl groups is 1. The lowest BCUT2D eigenvalue weighted by molar-refractivity contribution is -0.123. The molecule has 4 nitrogen and oxygen atoms in total. The van der Waals surface area contributed by atoms with Crippen LogP contribution in [0, 0.1) is 5.82 Å². The number of benzene rings is 2. The van der Waals surface area contributed by atoms with E-state index in [4.69, 9.17) is 0 Å². The second-order valence-electron chi connectivity index (χ2n) is 6.46. The van der Waals surface area contributed by atoms with Gasteiger partial charge in [-0.15, -0.1) is 0 Å². The van der Waals surface area contributed by atoms with Crippen molar-refractivity contribution in [1.29, 1.82) is 0 Å². The van der Waals surface area contributed by atoms with Crippen molar-refractivity contribution in [3.05, 3.63) is 66.0 Å². The number of hydrogen-bond acceptors (Lipinski definition) is 3. The molecule has 0 bridgehead atoms. The number of nitrogens with one attached hydrogen (secondary N) is 1. The van der Waals surface area contributed by atoms with Crippen LogP contribution in [0.15, 0.2) is 54.6 Å². The van der Waals surface area contributed by atoms with Gasteiger partial charge in [0.2, 0.25) is 5.91 Å². The zero-order valence-corrected chi connectivity index (χ0v) is 14.1. The highest BCUT2D eigenvalue weighted by Crippen LogP contribution is 2.21. The van der Waals surface area contributed by atoms with Crippen molar-refractivity contribution in [2.24, 2.45) is 0 Å². The number of nitrogens with zero attached hydrogens (tertiary/aromatic N) is 1. The van der Waals surface area contributed by atoms with Crippen molar-refractivity contribution in [2.45, 2.75) is 31.4 Å². The molecule has 2 N–H and O–H groups in total. The molecule has 1 saturated heterocycles. The first-order valence-corrected chi connectivity index (χ1v) is 8.65. The number of piperidine rings is 1. The summed E-state index contributed by atoms with van der Waals surface area (Å²) in [5.41, 5.74) is 1.57. The van der Waals surface area contributed by atoms with Crippen molar-refractivity contribution in [3.8, 4) is 0 Å². The molecule has 0 saturated carbocycles. The van der Waals surface area contributed by atoms with Gasteiger partial charge in [-0.25, -0.2) is 4.39 Å². The molecule has 1 aliphatic rings. The van der Waals surface area contributed by atoms with Crippen LogP contribution in [0.25, 0.3) is 0 Å². The third kappa shape index (κ3) is 4.79. The van der Waals surface area contributed by atoms with Crippen LogP contribution >= 0.6 is 0 Å². The minimum absolute atomic E-state index is 0.0566. The first-order valence-electron chi connectivity index (χ1n) is 8.65. The van der Waals surface area contributed by atoms with Gasteiger partial charge in [0.1, 0.15) is 5.82 Å². The molecule has 3 rings (SSSR count). The Hall–Kier alpha value is -2.40. The number of para-hydroxylation sites is 1. The van der Waals surface area contributed by atoms with Crippen molar-refractivity contribution >= 4 is 11.6 Å². The smallest absolute Gasteiger partial charge is 0.223 e. The lowest BCUT2D eigenvalue weighted by Crippen LogP contribution is -2.48. The Kier molecular flexibility index (Phi) is 5.66. The van der Waals surface area contributed by atoms with E-state index in [1.54, 1.807) is 6.07 Å². The van der Waals surface area contributed by atoms with E-state index in [-0.39, 0.29) is 18.4 Å². The molecule has 132 valence electrons. The predicted octanol–water partition coefficient (Wildman–Crippen LogP) is 3.03. The predicted molar refractivity (Wildman–Crippen MR) is 95.8 cm³/mol. The normalized spacial score (nSPS) is 18.6. The SMILES string of the molecule is O=C(CC(O)c1cccc(F)c1)NC1CCCN(c2ccccc2)C1. The summed E-state index contributed by atoms with van der Waals surface area (Å²) in [5.74, 6) is -0.626. The second kappa shape index (κ2) is 8.12. The molecule has 0 aliphatic carbocycles. The van der Waals surface area contributed by atoms with E-state index < -0.39 is 11.9 Å². The number of amides is 1. The number of carbonyl (C=O) groups is 1. The number of halogens is 1. The van der Waals surface area contributed by atoms with E-state index in [0.29, 0.717) is 5.56 Å². The third-order valence-electron chi connectivity index (χ3n) is 4.52.